The number of hydrogen-bond donors (Lipinski definition) is 2. The third-order valence-corrected chi connectivity index (χ3v) is 5.81. The van der Waals surface area contributed by atoms with Crippen LogP contribution in [0.5, 0.6) is 11.5 Å². The first-order valence-electron chi connectivity index (χ1n) is 9.91. The van der Waals surface area contributed by atoms with Crippen molar-refractivity contribution in [3.63, 3.8) is 0 Å². The van der Waals surface area contributed by atoms with E-state index in [9.17, 15) is 4.79 Å². The average molecular weight is 480 g/mol. The van der Waals surface area contributed by atoms with Crippen LogP contribution >= 0.6 is 35.4 Å². The topological polar surface area (TPSA) is 71.9 Å². The van der Waals surface area contributed by atoms with Crippen LogP contribution in [0.3, 0.4) is 0 Å². The number of nitrogens with zero attached hydrogens (tertiary/aromatic N) is 1. The first-order chi connectivity index (χ1) is 15.0. The van der Waals surface area contributed by atoms with Gasteiger partial charge in [-0.25, -0.2) is 4.79 Å². The quantitative estimate of drug-likeness (QED) is 0.191. The molecule has 0 radical (unpaired) electrons. The maximum absolute atomic E-state index is 12.4. The summed E-state index contributed by atoms with van der Waals surface area (Å²) in [7, 11) is 1.49. The van der Waals surface area contributed by atoms with Crippen molar-refractivity contribution >= 4 is 52.7 Å². The van der Waals surface area contributed by atoms with E-state index >= 15 is 0 Å². The van der Waals surface area contributed by atoms with E-state index in [-0.39, 0.29) is 16.3 Å². The monoisotopic (exact) mass is 479 g/mol. The molecule has 6 nitrogen and oxygen atoms in total. The highest BCUT2D eigenvalue weighted by Gasteiger charge is 2.15. The number of hydrazone groups is 1. The van der Waals surface area contributed by atoms with E-state index in [1.54, 1.807) is 30.5 Å². The highest BCUT2D eigenvalue weighted by atomic mass is 35.5. The molecule has 0 bridgehead atoms. The molecule has 2 N–H and O–H groups in total. The van der Waals surface area contributed by atoms with Crippen LogP contribution in [0.1, 0.15) is 48.0 Å². The van der Waals surface area contributed by atoms with Crippen molar-refractivity contribution < 1.29 is 14.3 Å². The number of benzene rings is 2. The van der Waals surface area contributed by atoms with Crippen molar-refractivity contribution in [1.82, 2.24) is 10.7 Å². The van der Waals surface area contributed by atoms with E-state index in [0.29, 0.717) is 21.9 Å². The van der Waals surface area contributed by atoms with Crippen LogP contribution in [0, 0.1) is 0 Å². The number of methoxy groups -OCH3 is 1. The summed E-state index contributed by atoms with van der Waals surface area (Å²) in [6.07, 6.45) is 7.62. The zero-order valence-electron chi connectivity index (χ0n) is 17.0. The number of hydrogen-bond acceptors (Lipinski definition) is 5. The Morgan fingerprint density at radius 2 is 1.87 bits per heavy atom. The summed E-state index contributed by atoms with van der Waals surface area (Å²) >= 11 is 17.1. The zero-order chi connectivity index (χ0) is 22.2. The van der Waals surface area contributed by atoms with Crippen LogP contribution in [-0.2, 0) is 0 Å². The predicted octanol–water partition coefficient (Wildman–Crippen LogP) is 5.35. The molecule has 0 spiro atoms. The molecular weight excluding hydrogens is 457 g/mol. The number of ether oxygens (including phenoxy) is 2. The molecule has 2 aromatic carbocycles. The van der Waals surface area contributed by atoms with E-state index < -0.39 is 5.97 Å². The molecule has 0 unspecified atom stereocenters. The highest BCUT2D eigenvalue weighted by Crippen LogP contribution is 2.29. The number of carbonyl (C=O) groups is 1. The molecular formula is C22H23Cl2N3O3S. The highest BCUT2D eigenvalue weighted by molar-refractivity contribution is 7.80. The second kappa shape index (κ2) is 11.3. The van der Waals surface area contributed by atoms with Gasteiger partial charge in [-0.05, 0) is 67.0 Å². The summed E-state index contributed by atoms with van der Waals surface area (Å²) in [5.74, 6) is 0.0949. The van der Waals surface area contributed by atoms with Gasteiger partial charge in [-0.3, -0.25) is 5.43 Å². The van der Waals surface area contributed by atoms with Crippen LogP contribution in [0.4, 0.5) is 0 Å². The van der Waals surface area contributed by atoms with Crippen LogP contribution in [0.25, 0.3) is 0 Å². The van der Waals surface area contributed by atoms with Crippen LogP contribution < -0.4 is 20.2 Å². The lowest BCUT2D eigenvalue weighted by Gasteiger charge is -2.23. The number of rotatable bonds is 6. The Labute approximate surface area is 196 Å². The average Bonchev–Trinajstić information content (AvgIpc) is 2.77. The third kappa shape index (κ3) is 6.82. The Kier molecular flexibility index (Phi) is 8.51. The van der Waals surface area contributed by atoms with Gasteiger partial charge in [-0.2, -0.15) is 5.10 Å². The van der Waals surface area contributed by atoms with Gasteiger partial charge in [0, 0.05) is 6.04 Å². The molecule has 0 heterocycles. The minimum absolute atomic E-state index is 0.276. The Morgan fingerprint density at radius 3 is 2.58 bits per heavy atom. The first kappa shape index (κ1) is 23.3. The number of esters is 1. The van der Waals surface area contributed by atoms with Gasteiger partial charge in [-0.15, -0.1) is 0 Å². The maximum atomic E-state index is 12.4. The van der Waals surface area contributed by atoms with Crippen LogP contribution in [0.15, 0.2) is 41.5 Å². The molecule has 0 aromatic heterocycles. The van der Waals surface area contributed by atoms with Crippen LogP contribution in [-0.4, -0.2) is 30.4 Å². The molecule has 1 aliphatic rings. The fraction of sp³-hybridized carbons (Fsp3) is 0.318. The standard InChI is InChI=1S/C22H23Cl2N3O3S/c1-29-20-11-14(13-25-27-22(31)26-16-5-3-2-4-6-16)7-10-19(20)30-21(28)15-8-9-17(23)18(24)12-15/h7-13,16H,2-6H2,1H3,(H2,26,27,31)/b25-13+. The minimum atomic E-state index is -0.570. The lowest BCUT2D eigenvalue weighted by molar-refractivity contribution is 0.0729. The summed E-state index contributed by atoms with van der Waals surface area (Å²) in [5.41, 5.74) is 3.87. The van der Waals surface area contributed by atoms with E-state index in [4.69, 9.17) is 44.9 Å². The second-order valence-electron chi connectivity index (χ2n) is 7.11. The largest absolute Gasteiger partial charge is 0.493 e. The number of thiocarbonyl (C=S) groups is 1. The first-order valence-corrected chi connectivity index (χ1v) is 11.1. The second-order valence-corrected chi connectivity index (χ2v) is 8.33. The molecule has 164 valence electrons. The smallest absolute Gasteiger partial charge is 0.343 e. The number of halogens is 2. The minimum Gasteiger partial charge on any atom is -0.493 e. The molecule has 1 aliphatic carbocycles. The summed E-state index contributed by atoms with van der Waals surface area (Å²) in [5, 5.41) is 8.60. The third-order valence-electron chi connectivity index (χ3n) is 4.87. The van der Waals surface area contributed by atoms with E-state index in [1.807, 2.05) is 0 Å². The normalized spacial score (nSPS) is 14.3. The summed E-state index contributed by atoms with van der Waals surface area (Å²) < 4.78 is 10.8. The molecule has 1 saturated carbocycles. The summed E-state index contributed by atoms with van der Waals surface area (Å²) in [4.78, 5) is 12.4. The van der Waals surface area contributed by atoms with Crippen molar-refractivity contribution in [3.8, 4) is 11.5 Å². The number of carbonyl (C=O) groups excluding carboxylic acids is 1. The van der Waals surface area contributed by atoms with Crippen molar-refractivity contribution in [2.24, 2.45) is 5.10 Å². The van der Waals surface area contributed by atoms with Gasteiger partial charge >= 0.3 is 5.97 Å². The van der Waals surface area contributed by atoms with Gasteiger partial charge < -0.3 is 14.8 Å². The number of nitrogens with one attached hydrogen (secondary N) is 2. The van der Waals surface area contributed by atoms with Gasteiger partial charge in [0.2, 0.25) is 0 Å². The van der Waals surface area contributed by atoms with Crippen molar-refractivity contribution in [2.75, 3.05) is 7.11 Å². The summed E-state index contributed by atoms with van der Waals surface area (Å²) in [6, 6.07) is 10.0. The maximum Gasteiger partial charge on any atom is 0.343 e. The molecule has 0 amide bonds. The molecule has 0 aliphatic heterocycles. The molecule has 9 heteroatoms. The molecule has 2 aromatic rings. The van der Waals surface area contributed by atoms with Gasteiger partial charge in [-0.1, -0.05) is 42.5 Å². The van der Waals surface area contributed by atoms with Gasteiger partial charge in [0.1, 0.15) is 0 Å². The summed E-state index contributed by atoms with van der Waals surface area (Å²) in [6.45, 7) is 0. The van der Waals surface area contributed by atoms with Crippen molar-refractivity contribution in [3.05, 3.63) is 57.6 Å². The lowest BCUT2D eigenvalue weighted by Crippen LogP contribution is -2.40. The molecule has 3 rings (SSSR count). The van der Waals surface area contributed by atoms with Gasteiger partial charge in [0.15, 0.2) is 16.6 Å². The van der Waals surface area contributed by atoms with E-state index in [1.165, 1.54) is 38.5 Å². The van der Waals surface area contributed by atoms with E-state index in [0.717, 1.165) is 18.4 Å². The molecule has 0 saturated heterocycles. The van der Waals surface area contributed by atoms with Crippen molar-refractivity contribution in [2.45, 2.75) is 38.1 Å². The molecule has 31 heavy (non-hydrogen) atoms. The SMILES string of the molecule is COc1cc(/C=N/NC(=S)NC2CCCCC2)ccc1OC(=O)c1ccc(Cl)c(Cl)c1. The Bertz CT molecular complexity index is 978. The Morgan fingerprint density at radius 1 is 1.10 bits per heavy atom. The van der Waals surface area contributed by atoms with Gasteiger partial charge in [0.25, 0.3) is 0 Å². The lowest BCUT2D eigenvalue weighted by atomic mass is 9.96. The fourth-order valence-electron chi connectivity index (χ4n) is 3.26. The van der Waals surface area contributed by atoms with E-state index in [2.05, 4.69) is 15.8 Å². The Hall–Kier alpha value is -2.35. The molecule has 1 fully saturated rings. The fourth-order valence-corrected chi connectivity index (χ4v) is 3.78. The van der Waals surface area contributed by atoms with Gasteiger partial charge in [0.05, 0.1) is 28.9 Å². The zero-order valence-corrected chi connectivity index (χ0v) is 19.3. The Balaban J connectivity index is 1.59. The van der Waals surface area contributed by atoms with Crippen LogP contribution in [0.2, 0.25) is 10.0 Å². The predicted molar refractivity (Wildman–Crippen MR) is 128 cm³/mol. The van der Waals surface area contributed by atoms with Crippen molar-refractivity contribution in [1.29, 1.82) is 0 Å². The molecule has 0 atom stereocenters.